The number of aromatic nitrogens is 5. The van der Waals surface area contributed by atoms with Crippen LogP contribution in [0.1, 0.15) is 34.1 Å². The van der Waals surface area contributed by atoms with Gasteiger partial charge < -0.3 is 9.88 Å². The van der Waals surface area contributed by atoms with Gasteiger partial charge in [-0.3, -0.25) is 9.69 Å². The predicted molar refractivity (Wildman–Crippen MR) is 128 cm³/mol. The van der Waals surface area contributed by atoms with Crippen LogP contribution in [0.2, 0.25) is 0 Å². The van der Waals surface area contributed by atoms with Crippen LogP contribution in [0.25, 0.3) is 10.9 Å². The summed E-state index contributed by atoms with van der Waals surface area (Å²) in [6.07, 6.45) is 0. The molecule has 4 aromatic rings. The Bertz CT molecular complexity index is 1320. The van der Waals surface area contributed by atoms with E-state index in [-0.39, 0.29) is 11.6 Å². The van der Waals surface area contributed by atoms with Gasteiger partial charge in [0.15, 0.2) is 5.82 Å². The number of nitrogens with one attached hydrogen (secondary N) is 1. The molecular formula is C25H29N7O. The number of likely N-dealkylation sites (N-methyl/N-ethyl adjacent to an activating group) is 1. The van der Waals surface area contributed by atoms with Gasteiger partial charge in [-0.1, -0.05) is 42.0 Å². The van der Waals surface area contributed by atoms with Gasteiger partial charge in [0.05, 0.1) is 12.1 Å². The summed E-state index contributed by atoms with van der Waals surface area (Å²) in [6, 6.07) is 16.0. The zero-order valence-electron chi connectivity index (χ0n) is 19.3. The molecule has 0 unspecified atom stereocenters. The number of nitrogens with zero attached hydrogens (tertiary/aromatic N) is 6. The molecule has 5 rings (SSSR count). The Morgan fingerprint density at radius 3 is 2.55 bits per heavy atom. The van der Waals surface area contributed by atoms with E-state index >= 15 is 0 Å². The first kappa shape index (κ1) is 21.5. The van der Waals surface area contributed by atoms with Crippen molar-refractivity contribution in [2.75, 3.05) is 33.2 Å². The molecule has 33 heavy (non-hydrogen) atoms. The summed E-state index contributed by atoms with van der Waals surface area (Å²) in [5.74, 6) is 0.692. The van der Waals surface area contributed by atoms with Crippen molar-refractivity contribution in [3.63, 3.8) is 0 Å². The average Bonchev–Trinajstić information content (AvgIpc) is 3.24. The minimum absolute atomic E-state index is 0.0901. The fourth-order valence-corrected chi connectivity index (χ4v) is 4.76. The summed E-state index contributed by atoms with van der Waals surface area (Å²) in [6.45, 7) is 8.20. The van der Waals surface area contributed by atoms with E-state index in [2.05, 4.69) is 68.5 Å². The number of pyridine rings is 1. The molecule has 1 atom stereocenters. The number of piperazine rings is 1. The lowest BCUT2D eigenvalue weighted by molar-refractivity contribution is 0.121. The third kappa shape index (κ3) is 4.31. The van der Waals surface area contributed by atoms with Crippen LogP contribution < -0.4 is 5.56 Å². The van der Waals surface area contributed by atoms with Crippen molar-refractivity contribution in [2.24, 2.45) is 0 Å². The lowest BCUT2D eigenvalue weighted by Crippen LogP contribution is -2.47. The van der Waals surface area contributed by atoms with Gasteiger partial charge in [-0.05, 0) is 60.0 Å². The monoisotopic (exact) mass is 443 g/mol. The van der Waals surface area contributed by atoms with E-state index < -0.39 is 0 Å². The predicted octanol–water partition coefficient (Wildman–Crippen LogP) is 2.52. The third-order valence-electron chi connectivity index (χ3n) is 6.50. The molecule has 2 aromatic heterocycles. The van der Waals surface area contributed by atoms with E-state index in [1.165, 1.54) is 5.56 Å². The molecule has 1 fully saturated rings. The zero-order valence-corrected chi connectivity index (χ0v) is 19.3. The highest BCUT2D eigenvalue weighted by molar-refractivity contribution is 5.83. The van der Waals surface area contributed by atoms with Gasteiger partial charge in [0, 0.05) is 31.7 Å². The van der Waals surface area contributed by atoms with Crippen molar-refractivity contribution in [2.45, 2.75) is 26.4 Å². The Balaban J connectivity index is 1.63. The second-order valence-electron chi connectivity index (χ2n) is 9.02. The molecular weight excluding hydrogens is 414 g/mol. The Morgan fingerprint density at radius 2 is 1.79 bits per heavy atom. The van der Waals surface area contributed by atoms with Gasteiger partial charge in [0.1, 0.15) is 6.04 Å². The molecule has 170 valence electrons. The van der Waals surface area contributed by atoms with E-state index in [4.69, 9.17) is 0 Å². The van der Waals surface area contributed by atoms with Crippen LogP contribution in [0.3, 0.4) is 0 Å². The normalized spacial score (nSPS) is 16.3. The van der Waals surface area contributed by atoms with E-state index in [0.717, 1.165) is 48.2 Å². The van der Waals surface area contributed by atoms with Crippen molar-refractivity contribution in [1.82, 2.24) is 35.0 Å². The summed E-state index contributed by atoms with van der Waals surface area (Å²) in [7, 11) is 2.13. The van der Waals surface area contributed by atoms with Gasteiger partial charge in [-0.2, -0.15) is 0 Å². The fraction of sp³-hybridized carbons (Fsp3) is 0.360. The van der Waals surface area contributed by atoms with Gasteiger partial charge in [-0.15, -0.1) is 5.10 Å². The molecule has 1 aliphatic heterocycles. The Morgan fingerprint density at radius 1 is 1.03 bits per heavy atom. The quantitative estimate of drug-likeness (QED) is 0.510. The van der Waals surface area contributed by atoms with E-state index in [1.807, 2.05) is 35.9 Å². The van der Waals surface area contributed by atoms with Crippen LogP contribution >= 0.6 is 0 Å². The number of fused-ring (bicyclic) bond motifs is 1. The Hall–Kier alpha value is -3.36. The number of aryl methyl sites for hydroxylation is 2. The molecule has 2 aromatic carbocycles. The first-order chi connectivity index (χ1) is 16.0. The standard InChI is InChI=1S/C25H29N7O/c1-17-13-18(2)22-20(14-17)15-21(25(33)26-22)23(31-11-9-30(3)10-12-31)24-27-28-29-32(24)16-19-7-5-4-6-8-19/h4-8,13-15,23H,9-12,16H2,1-3H3,(H,26,33)/t23-/m0/s1. The van der Waals surface area contributed by atoms with Crippen LogP contribution in [-0.2, 0) is 6.54 Å². The van der Waals surface area contributed by atoms with Crippen LogP contribution in [-0.4, -0.2) is 68.2 Å². The van der Waals surface area contributed by atoms with Gasteiger partial charge in [-0.25, -0.2) is 4.68 Å². The van der Waals surface area contributed by atoms with Crippen molar-refractivity contribution in [3.8, 4) is 0 Å². The molecule has 1 N–H and O–H groups in total. The summed E-state index contributed by atoms with van der Waals surface area (Å²) in [5, 5.41) is 13.8. The molecule has 8 nitrogen and oxygen atoms in total. The second kappa shape index (κ2) is 8.88. The number of hydrogen-bond acceptors (Lipinski definition) is 6. The number of H-pyrrole nitrogens is 1. The highest BCUT2D eigenvalue weighted by atomic mass is 16.1. The topological polar surface area (TPSA) is 82.9 Å². The second-order valence-corrected chi connectivity index (χ2v) is 9.02. The summed E-state index contributed by atoms with van der Waals surface area (Å²) < 4.78 is 1.82. The molecule has 1 aliphatic rings. The molecule has 0 aliphatic carbocycles. The zero-order chi connectivity index (χ0) is 22.9. The Kier molecular flexibility index (Phi) is 5.78. The molecule has 1 saturated heterocycles. The SMILES string of the molecule is Cc1cc(C)c2[nH]c(=O)c([C@@H](c3nnnn3Cc3ccccc3)N3CCN(C)CC3)cc2c1. The number of aromatic amines is 1. The van der Waals surface area contributed by atoms with Gasteiger partial charge in [0.2, 0.25) is 0 Å². The highest BCUT2D eigenvalue weighted by Gasteiger charge is 2.32. The van der Waals surface area contributed by atoms with Crippen molar-refractivity contribution < 1.29 is 0 Å². The maximum absolute atomic E-state index is 13.4. The Labute approximate surface area is 192 Å². The van der Waals surface area contributed by atoms with Gasteiger partial charge in [0.25, 0.3) is 5.56 Å². The first-order valence-corrected chi connectivity index (χ1v) is 11.4. The van der Waals surface area contributed by atoms with E-state index in [9.17, 15) is 4.79 Å². The maximum Gasteiger partial charge on any atom is 0.253 e. The minimum Gasteiger partial charge on any atom is -0.321 e. The number of tetrazole rings is 1. The molecule has 0 amide bonds. The molecule has 3 heterocycles. The number of rotatable bonds is 5. The van der Waals surface area contributed by atoms with Crippen LogP contribution in [0.15, 0.2) is 53.3 Å². The number of benzene rings is 2. The van der Waals surface area contributed by atoms with Crippen molar-refractivity contribution in [3.05, 3.63) is 87.0 Å². The summed E-state index contributed by atoms with van der Waals surface area (Å²) >= 11 is 0. The fourth-order valence-electron chi connectivity index (χ4n) is 4.76. The van der Waals surface area contributed by atoms with Gasteiger partial charge >= 0.3 is 0 Å². The summed E-state index contributed by atoms with van der Waals surface area (Å²) in [4.78, 5) is 21.2. The smallest absolute Gasteiger partial charge is 0.253 e. The average molecular weight is 444 g/mol. The maximum atomic E-state index is 13.4. The van der Waals surface area contributed by atoms with E-state index in [1.54, 1.807) is 0 Å². The lowest BCUT2D eigenvalue weighted by atomic mass is 10.00. The molecule has 0 radical (unpaired) electrons. The van der Waals surface area contributed by atoms with Crippen LogP contribution in [0.5, 0.6) is 0 Å². The molecule has 0 bridgehead atoms. The largest absolute Gasteiger partial charge is 0.321 e. The molecule has 0 saturated carbocycles. The van der Waals surface area contributed by atoms with Crippen LogP contribution in [0.4, 0.5) is 0 Å². The van der Waals surface area contributed by atoms with E-state index in [0.29, 0.717) is 17.9 Å². The first-order valence-electron chi connectivity index (χ1n) is 11.4. The van der Waals surface area contributed by atoms with Crippen molar-refractivity contribution >= 4 is 10.9 Å². The molecule has 8 heteroatoms. The van der Waals surface area contributed by atoms with Crippen molar-refractivity contribution in [1.29, 1.82) is 0 Å². The van der Waals surface area contributed by atoms with Crippen LogP contribution in [0, 0.1) is 13.8 Å². The summed E-state index contributed by atoms with van der Waals surface area (Å²) in [5.41, 5.74) is 4.83. The lowest BCUT2D eigenvalue weighted by Gasteiger charge is -2.37. The minimum atomic E-state index is -0.327. The number of hydrogen-bond donors (Lipinski definition) is 1. The highest BCUT2D eigenvalue weighted by Crippen LogP contribution is 2.29. The molecule has 0 spiro atoms. The third-order valence-corrected chi connectivity index (χ3v) is 6.50.